The summed E-state index contributed by atoms with van der Waals surface area (Å²) in [6.45, 7) is 14.8. The maximum absolute atomic E-state index is 12.7. The zero-order chi connectivity index (χ0) is 19.9. The molecule has 0 amide bonds. The van der Waals surface area contributed by atoms with Crippen molar-refractivity contribution in [1.82, 2.24) is 0 Å². The molecule has 26 heavy (non-hydrogen) atoms. The van der Waals surface area contributed by atoms with Crippen molar-refractivity contribution >= 4 is 17.5 Å². The van der Waals surface area contributed by atoms with E-state index < -0.39 is 18.2 Å². The van der Waals surface area contributed by atoms with E-state index in [0.717, 1.165) is 12.0 Å². The monoisotopic (exact) mass is 358 g/mol. The summed E-state index contributed by atoms with van der Waals surface area (Å²) in [5.74, 6) is -1.58. The number of benzene rings is 1. The SMILES string of the molecule is CCOC(=O)C(=O)CC(=O)c1cc2c(cc1C)C(C)(C)CC(C)C2(C)C. The Morgan fingerprint density at radius 2 is 1.73 bits per heavy atom. The van der Waals surface area contributed by atoms with E-state index in [4.69, 9.17) is 4.74 Å². The molecule has 1 aromatic rings. The summed E-state index contributed by atoms with van der Waals surface area (Å²) in [7, 11) is 0. The highest BCUT2D eigenvalue weighted by Gasteiger charge is 2.42. The van der Waals surface area contributed by atoms with E-state index in [-0.39, 0.29) is 23.2 Å². The van der Waals surface area contributed by atoms with Crippen LogP contribution in [0.5, 0.6) is 0 Å². The lowest BCUT2D eigenvalue weighted by atomic mass is 9.58. The van der Waals surface area contributed by atoms with E-state index >= 15 is 0 Å². The maximum Gasteiger partial charge on any atom is 0.375 e. The van der Waals surface area contributed by atoms with Gasteiger partial charge in [0.1, 0.15) is 0 Å². The van der Waals surface area contributed by atoms with Crippen LogP contribution in [0.1, 0.15) is 81.4 Å². The molecular formula is C22H30O4. The van der Waals surface area contributed by atoms with E-state index in [0.29, 0.717) is 11.5 Å². The molecule has 0 N–H and O–H groups in total. The van der Waals surface area contributed by atoms with Crippen LogP contribution < -0.4 is 0 Å². The molecule has 0 saturated carbocycles. The lowest BCUT2D eigenvalue weighted by Gasteiger charge is -2.47. The van der Waals surface area contributed by atoms with Crippen molar-refractivity contribution in [3.05, 3.63) is 34.4 Å². The number of ether oxygens (including phenoxy) is 1. The van der Waals surface area contributed by atoms with Gasteiger partial charge in [-0.3, -0.25) is 9.59 Å². The summed E-state index contributed by atoms with van der Waals surface area (Å²) >= 11 is 0. The lowest BCUT2D eigenvalue weighted by molar-refractivity contribution is -0.153. The molecular weight excluding hydrogens is 328 g/mol. The van der Waals surface area contributed by atoms with Crippen LogP contribution >= 0.6 is 0 Å². The van der Waals surface area contributed by atoms with E-state index in [9.17, 15) is 14.4 Å². The zero-order valence-corrected chi connectivity index (χ0v) is 17.0. The first kappa shape index (κ1) is 20.3. The van der Waals surface area contributed by atoms with E-state index in [1.54, 1.807) is 6.92 Å². The Morgan fingerprint density at radius 3 is 2.31 bits per heavy atom. The molecule has 0 aromatic heterocycles. The van der Waals surface area contributed by atoms with Crippen molar-refractivity contribution in [2.45, 2.75) is 72.1 Å². The van der Waals surface area contributed by atoms with E-state index in [1.807, 2.05) is 13.0 Å². The van der Waals surface area contributed by atoms with Crippen LogP contribution in [0.4, 0.5) is 0 Å². The first-order chi connectivity index (χ1) is 11.9. The third-order valence-electron chi connectivity index (χ3n) is 5.96. The van der Waals surface area contributed by atoms with Gasteiger partial charge < -0.3 is 4.74 Å². The Hall–Kier alpha value is -1.97. The highest BCUT2D eigenvalue weighted by Crippen LogP contribution is 2.49. The summed E-state index contributed by atoms with van der Waals surface area (Å²) in [5, 5.41) is 0. The van der Waals surface area contributed by atoms with Gasteiger partial charge in [0.25, 0.3) is 0 Å². The van der Waals surface area contributed by atoms with Gasteiger partial charge in [0, 0.05) is 5.56 Å². The molecule has 1 aliphatic carbocycles. The van der Waals surface area contributed by atoms with Crippen LogP contribution in [-0.4, -0.2) is 24.1 Å². The molecule has 1 aromatic carbocycles. The van der Waals surface area contributed by atoms with Crippen molar-refractivity contribution in [2.75, 3.05) is 6.61 Å². The van der Waals surface area contributed by atoms with Gasteiger partial charge in [0.05, 0.1) is 13.0 Å². The first-order valence-corrected chi connectivity index (χ1v) is 9.30. The lowest BCUT2D eigenvalue weighted by Crippen LogP contribution is -2.40. The van der Waals surface area contributed by atoms with Crippen LogP contribution in [0, 0.1) is 12.8 Å². The van der Waals surface area contributed by atoms with E-state index in [1.165, 1.54) is 11.1 Å². The van der Waals surface area contributed by atoms with Gasteiger partial charge in [-0.15, -0.1) is 0 Å². The summed E-state index contributed by atoms with van der Waals surface area (Å²) < 4.78 is 4.69. The smallest absolute Gasteiger partial charge is 0.375 e. The minimum atomic E-state index is -0.938. The maximum atomic E-state index is 12.7. The molecule has 4 heteroatoms. The summed E-state index contributed by atoms with van der Waals surface area (Å²) in [4.78, 5) is 36.1. The third-order valence-corrected chi connectivity index (χ3v) is 5.96. The number of hydrogen-bond acceptors (Lipinski definition) is 4. The number of carbonyl (C=O) groups excluding carboxylic acids is 3. The van der Waals surface area contributed by atoms with Crippen LogP contribution in [0.2, 0.25) is 0 Å². The predicted octanol–water partition coefficient (Wildman–Crippen LogP) is 4.30. The van der Waals surface area contributed by atoms with Crippen molar-refractivity contribution < 1.29 is 19.1 Å². The molecule has 0 fully saturated rings. The van der Waals surface area contributed by atoms with Crippen LogP contribution in [0.15, 0.2) is 12.1 Å². The van der Waals surface area contributed by atoms with Crippen molar-refractivity contribution in [2.24, 2.45) is 5.92 Å². The molecule has 0 bridgehead atoms. The molecule has 2 rings (SSSR count). The molecule has 0 heterocycles. The van der Waals surface area contributed by atoms with Crippen LogP contribution in [0.25, 0.3) is 0 Å². The summed E-state index contributed by atoms with van der Waals surface area (Å²) in [5.41, 5.74) is 3.80. The van der Waals surface area contributed by atoms with Gasteiger partial charge in [0.2, 0.25) is 5.78 Å². The fraction of sp³-hybridized carbons (Fsp3) is 0.591. The average molecular weight is 358 g/mol. The highest BCUT2D eigenvalue weighted by atomic mass is 16.5. The predicted molar refractivity (Wildman–Crippen MR) is 102 cm³/mol. The number of esters is 1. The topological polar surface area (TPSA) is 60.4 Å². The highest BCUT2D eigenvalue weighted by molar-refractivity contribution is 6.38. The van der Waals surface area contributed by atoms with Crippen molar-refractivity contribution in [1.29, 1.82) is 0 Å². The minimum Gasteiger partial charge on any atom is -0.460 e. The molecule has 1 unspecified atom stereocenters. The van der Waals surface area contributed by atoms with Crippen LogP contribution in [-0.2, 0) is 25.2 Å². The second kappa shape index (κ2) is 6.98. The van der Waals surface area contributed by atoms with Gasteiger partial charge in [-0.1, -0.05) is 40.7 Å². The van der Waals surface area contributed by atoms with Gasteiger partial charge in [-0.2, -0.15) is 0 Å². The first-order valence-electron chi connectivity index (χ1n) is 9.30. The molecule has 0 radical (unpaired) electrons. The fourth-order valence-electron chi connectivity index (χ4n) is 4.02. The molecule has 0 spiro atoms. The second-order valence-corrected chi connectivity index (χ2v) is 8.67. The average Bonchev–Trinajstić information content (AvgIpc) is 2.52. The molecule has 0 aliphatic heterocycles. The third kappa shape index (κ3) is 3.60. The Kier molecular flexibility index (Phi) is 5.46. The molecule has 0 saturated heterocycles. The quantitative estimate of drug-likeness (QED) is 0.341. The minimum absolute atomic E-state index is 0.0390. The number of fused-ring (bicyclic) bond motifs is 1. The number of ketones is 2. The standard InChI is InChI=1S/C22H30O4/c1-8-26-20(25)19(24)11-18(23)15-10-17-16(9-13(15)2)21(4,5)12-14(3)22(17,6)7/h9-10,14H,8,11-12H2,1-7H3. The Balaban J connectivity index is 2.44. The Morgan fingerprint density at radius 1 is 1.12 bits per heavy atom. The summed E-state index contributed by atoms with van der Waals surface area (Å²) in [6.07, 6.45) is 0.638. The molecule has 4 nitrogen and oxygen atoms in total. The summed E-state index contributed by atoms with van der Waals surface area (Å²) in [6, 6.07) is 4.04. The fourth-order valence-corrected chi connectivity index (χ4v) is 4.02. The van der Waals surface area contributed by atoms with Crippen molar-refractivity contribution in [3.8, 4) is 0 Å². The number of rotatable bonds is 5. The Bertz CT molecular complexity index is 756. The van der Waals surface area contributed by atoms with Gasteiger partial charge >= 0.3 is 5.97 Å². The number of aryl methyl sites for hydroxylation is 1. The normalized spacial score (nSPS) is 20.2. The van der Waals surface area contributed by atoms with Crippen molar-refractivity contribution in [3.63, 3.8) is 0 Å². The molecule has 1 aliphatic rings. The second-order valence-electron chi connectivity index (χ2n) is 8.67. The largest absolute Gasteiger partial charge is 0.460 e. The number of hydrogen-bond donors (Lipinski definition) is 0. The zero-order valence-electron chi connectivity index (χ0n) is 17.0. The van der Waals surface area contributed by atoms with E-state index in [2.05, 4.69) is 40.7 Å². The Labute approximate surface area is 156 Å². The van der Waals surface area contributed by atoms with Gasteiger partial charge in [-0.05, 0) is 59.8 Å². The van der Waals surface area contributed by atoms with Gasteiger partial charge in [0.15, 0.2) is 5.78 Å². The number of carbonyl (C=O) groups is 3. The molecule has 142 valence electrons. The van der Waals surface area contributed by atoms with Crippen LogP contribution in [0.3, 0.4) is 0 Å². The van der Waals surface area contributed by atoms with Gasteiger partial charge in [-0.25, -0.2) is 4.79 Å². The number of Topliss-reactive ketones (excluding diaryl/α,β-unsaturated/α-hetero) is 2. The molecule has 1 atom stereocenters.